The predicted molar refractivity (Wildman–Crippen MR) is 53.1 cm³/mol. The number of primary amides is 1. The number of aromatic nitrogens is 1. The Kier molecular flexibility index (Phi) is 3.86. The van der Waals surface area contributed by atoms with E-state index >= 15 is 0 Å². The molecular weight excluding hydrogens is 222 g/mol. The van der Waals surface area contributed by atoms with Gasteiger partial charge in [0.1, 0.15) is 6.61 Å². The maximum atomic E-state index is 10.5. The van der Waals surface area contributed by atoms with E-state index in [9.17, 15) is 9.59 Å². The zero-order valence-corrected chi connectivity index (χ0v) is 8.41. The van der Waals surface area contributed by atoms with Crippen LogP contribution >= 0.6 is 11.3 Å². The van der Waals surface area contributed by atoms with Gasteiger partial charge in [-0.3, -0.25) is 0 Å². The van der Waals surface area contributed by atoms with Crippen LogP contribution in [0.5, 0.6) is 0 Å². The van der Waals surface area contributed by atoms with Gasteiger partial charge in [-0.05, 0) is 0 Å². The normalized spacial score (nSPS) is 9.60. The van der Waals surface area contributed by atoms with Gasteiger partial charge in [0, 0.05) is 5.38 Å². The van der Waals surface area contributed by atoms with Crippen LogP contribution in [-0.2, 0) is 4.74 Å². The van der Waals surface area contributed by atoms with Gasteiger partial charge >= 0.3 is 12.1 Å². The Hall–Kier alpha value is -1.83. The summed E-state index contributed by atoms with van der Waals surface area (Å²) in [5.41, 5.74) is 4.72. The standard InChI is InChI=1S/C7H9N3O4S/c8-6(13)14-2-1-9-7-10-4(3-15-7)5(11)12/h3H,1-2H2,(H2,8,13)(H,9,10)(H,11,12). The number of thiazole rings is 1. The summed E-state index contributed by atoms with van der Waals surface area (Å²) in [6.45, 7) is 0.437. The van der Waals surface area contributed by atoms with Crippen LogP contribution in [0.25, 0.3) is 0 Å². The average molecular weight is 231 g/mol. The van der Waals surface area contributed by atoms with Gasteiger partial charge in [-0.2, -0.15) is 0 Å². The molecule has 1 aromatic heterocycles. The Morgan fingerprint density at radius 1 is 1.67 bits per heavy atom. The second-order valence-corrected chi connectivity index (χ2v) is 3.30. The summed E-state index contributed by atoms with van der Waals surface area (Å²) in [6.07, 6.45) is -0.845. The summed E-state index contributed by atoms with van der Waals surface area (Å²) in [5, 5.41) is 13.2. The molecule has 0 aliphatic rings. The monoisotopic (exact) mass is 231 g/mol. The third-order valence-corrected chi connectivity index (χ3v) is 2.15. The molecule has 0 saturated carbocycles. The number of aromatic carboxylic acids is 1. The van der Waals surface area contributed by atoms with Crippen LogP contribution in [0, 0.1) is 0 Å². The molecule has 0 fully saturated rings. The third kappa shape index (κ3) is 3.81. The van der Waals surface area contributed by atoms with E-state index < -0.39 is 12.1 Å². The lowest BCUT2D eigenvalue weighted by Gasteiger charge is -2.01. The predicted octanol–water partition coefficient (Wildman–Crippen LogP) is 0.349. The summed E-state index contributed by atoms with van der Waals surface area (Å²) < 4.78 is 4.45. The molecule has 0 bridgehead atoms. The quantitative estimate of drug-likeness (QED) is 0.630. The van der Waals surface area contributed by atoms with Gasteiger partial charge in [-0.15, -0.1) is 11.3 Å². The molecule has 0 radical (unpaired) electrons. The van der Waals surface area contributed by atoms with E-state index in [1.807, 2.05) is 0 Å². The first-order valence-corrected chi connectivity index (χ1v) is 4.82. The van der Waals surface area contributed by atoms with Crippen LogP contribution in [0.1, 0.15) is 10.5 Å². The van der Waals surface area contributed by atoms with Crippen molar-refractivity contribution in [3.8, 4) is 0 Å². The molecule has 7 nitrogen and oxygen atoms in total. The molecule has 0 saturated heterocycles. The highest BCUT2D eigenvalue weighted by Gasteiger charge is 2.07. The topological polar surface area (TPSA) is 115 Å². The lowest BCUT2D eigenvalue weighted by molar-refractivity contribution is 0.0691. The molecule has 8 heteroatoms. The number of hydrogen-bond acceptors (Lipinski definition) is 6. The molecule has 0 unspecified atom stereocenters. The van der Waals surface area contributed by atoms with Crippen molar-refractivity contribution in [1.29, 1.82) is 0 Å². The SMILES string of the molecule is NC(=O)OCCNc1nc(C(=O)O)cs1. The number of amides is 1. The summed E-state index contributed by atoms with van der Waals surface area (Å²) in [7, 11) is 0. The van der Waals surface area contributed by atoms with E-state index in [0.717, 1.165) is 11.3 Å². The molecule has 1 aromatic rings. The first-order chi connectivity index (χ1) is 7.09. The molecular formula is C7H9N3O4S. The van der Waals surface area contributed by atoms with Gasteiger partial charge in [-0.25, -0.2) is 14.6 Å². The van der Waals surface area contributed by atoms with Crippen molar-refractivity contribution in [3.63, 3.8) is 0 Å². The Bertz CT molecular complexity index is 365. The molecule has 0 atom stereocenters. The smallest absolute Gasteiger partial charge is 0.404 e. The van der Waals surface area contributed by atoms with E-state index in [0.29, 0.717) is 11.7 Å². The van der Waals surface area contributed by atoms with Crippen LogP contribution in [0.15, 0.2) is 5.38 Å². The lowest BCUT2D eigenvalue weighted by atomic mass is 10.5. The molecule has 4 N–H and O–H groups in total. The fourth-order valence-electron chi connectivity index (χ4n) is 0.763. The summed E-state index contributed by atoms with van der Waals surface area (Å²) in [4.78, 5) is 24.4. The van der Waals surface area contributed by atoms with Crippen molar-refractivity contribution >= 4 is 28.5 Å². The highest BCUT2D eigenvalue weighted by Crippen LogP contribution is 2.14. The number of rotatable bonds is 5. The lowest BCUT2D eigenvalue weighted by Crippen LogP contribution is -2.18. The highest BCUT2D eigenvalue weighted by molar-refractivity contribution is 7.13. The number of nitrogens with two attached hydrogens (primary N) is 1. The van der Waals surface area contributed by atoms with Crippen LogP contribution in [0.4, 0.5) is 9.93 Å². The van der Waals surface area contributed by atoms with E-state index in [1.54, 1.807) is 0 Å². The minimum absolute atomic E-state index is 0.0154. The number of carbonyl (C=O) groups is 2. The number of nitrogens with one attached hydrogen (secondary N) is 1. The molecule has 1 rings (SSSR count). The Balaban J connectivity index is 2.31. The van der Waals surface area contributed by atoms with Crippen molar-refractivity contribution in [2.75, 3.05) is 18.5 Å². The summed E-state index contributed by atoms with van der Waals surface area (Å²) >= 11 is 1.16. The van der Waals surface area contributed by atoms with Gasteiger partial charge in [0.25, 0.3) is 0 Å². The number of carbonyl (C=O) groups excluding carboxylic acids is 1. The Morgan fingerprint density at radius 2 is 2.40 bits per heavy atom. The van der Waals surface area contributed by atoms with Crippen molar-refractivity contribution in [1.82, 2.24) is 4.98 Å². The third-order valence-electron chi connectivity index (χ3n) is 1.35. The zero-order valence-electron chi connectivity index (χ0n) is 7.60. The van der Waals surface area contributed by atoms with Crippen LogP contribution < -0.4 is 11.1 Å². The average Bonchev–Trinajstić information content (AvgIpc) is 2.60. The van der Waals surface area contributed by atoms with E-state index in [1.165, 1.54) is 5.38 Å². The fourth-order valence-corrected chi connectivity index (χ4v) is 1.48. The zero-order chi connectivity index (χ0) is 11.3. The van der Waals surface area contributed by atoms with Gasteiger partial charge in [0.15, 0.2) is 10.8 Å². The Labute approximate surface area is 88.9 Å². The first kappa shape index (κ1) is 11.2. The number of carboxylic acids is 1. The molecule has 0 spiro atoms. The number of nitrogens with zero attached hydrogens (tertiary/aromatic N) is 1. The van der Waals surface area contributed by atoms with Gasteiger partial charge < -0.3 is 20.9 Å². The van der Waals surface area contributed by atoms with Crippen molar-refractivity contribution < 1.29 is 19.4 Å². The second-order valence-electron chi connectivity index (χ2n) is 2.44. The molecule has 1 heterocycles. The maximum absolute atomic E-state index is 10.5. The molecule has 0 aliphatic carbocycles. The van der Waals surface area contributed by atoms with Crippen molar-refractivity contribution in [2.24, 2.45) is 5.73 Å². The first-order valence-electron chi connectivity index (χ1n) is 3.94. The van der Waals surface area contributed by atoms with E-state index in [2.05, 4.69) is 15.0 Å². The van der Waals surface area contributed by atoms with Crippen molar-refractivity contribution in [3.05, 3.63) is 11.1 Å². The minimum Gasteiger partial charge on any atom is -0.476 e. The molecule has 1 amide bonds. The molecule has 15 heavy (non-hydrogen) atoms. The van der Waals surface area contributed by atoms with Crippen LogP contribution in [0.2, 0.25) is 0 Å². The fraction of sp³-hybridized carbons (Fsp3) is 0.286. The molecule has 0 aliphatic heterocycles. The maximum Gasteiger partial charge on any atom is 0.404 e. The Morgan fingerprint density at radius 3 is 2.93 bits per heavy atom. The van der Waals surface area contributed by atoms with Gasteiger partial charge in [-0.1, -0.05) is 0 Å². The summed E-state index contributed by atoms with van der Waals surface area (Å²) in [6, 6.07) is 0. The molecule has 82 valence electrons. The number of carboxylic acid groups (broad SMARTS) is 1. The van der Waals surface area contributed by atoms with Gasteiger partial charge in [0.2, 0.25) is 0 Å². The van der Waals surface area contributed by atoms with Crippen LogP contribution in [-0.4, -0.2) is 35.3 Å². The summed E-state index contributed by atoms with van der Waals surface area (Å²) in [5.74, 6) is -1.08. The largest absolute Gasteiger partial charge is 0.476 e. The highest BCUT2D eigenvalue weighted by atomic mass is 32.1. The number of ether oxygens (including phenoxy) is 1. The van der Waals surface area contributed by atoms with E-state index in [4.69, 9.17) is 10.8 Å². The van der Waals surface area contributed by atoms with Crippen LogP contribution in [0.3, 0.4) is 0 Å². The van der Waals surface area contributed by atoms with Crippen molar-refractivity contribution in [2.45, 2.75) is 0 Å². The number of hydrogen-bond donors (Lipinski definition) is 3. The second kappa shape index (κ2) is 5.15. The molecule has 0 aromatic carbocycles. The van der Waals surface area contributed by atoms with Gasteiger partial charge in [0.05, 0.1) is 6.54 Å². The minimum atomic E-state index is -1.08. The number of anilines is 1. The van der Waals surface area contributed by atoms with E-state index in [-0.39, 0.29) is 12.3 Å².